The van der Waals surface area contributed by atoms with Gasteiger partial charge in [0.2, 0.25) is 0 Å². The van der Waals surface area contributed by atoms with Crippen LogP contribution in [-0.2, 0) is 4.79 Å². The van der Waals surface area contributed by atoms with Crippen molar-refractivity contribution in [2.45, 2.75) is 13.0 Å². The first kappa shape index (κ1) is 13.9. The summed E-state index contributed by atoms with van der Waals surface area (Å²) in [7, 11) is 0. The van der Waals surface area contributed by atoms with Crippen LogP contribution in [0.4, 0.5) is 0 Å². The molecule has 2 aromatic carbocycles. The van der Waals surface area contributed by atoms with E-state index in [4.69, 9.17) is 9.84 Å². The molecule has 0 fully saturated rings. The first-order chi connectivity index (χ1) is 9.06. The molecule has 0 heterocycles. The predicted molar refractivity (Wildman–Crippen MR) is 82.3 cm³/mol. The van der Waals surface area contributed by atoms with Crippen molar-refractivity contribution in [2.24, 2.45) is 0 Å². The van der Waals surface area contributed by atoms with Gasteiger partial charge in [0.15, 0.2) is 6.10 Å². The monoisotopic (exact) mass is 368 g/mol. The van der Waals surface area contributed by atoms with Crippen molar-refractivity contribution < 1.29 is 14.6 Å². The third-order valence-corrected chi connectivity index (χ3v) is 3.41. The number of carboxylic acids is 1. The molecule has 0 saturated carbocycles. The molecule has 0 aliphatic rings. The molecule has 0 aliphatic carbocycles. The molecule has 0 aromatic heterocycles. The van der Waals surface area contributed by atoms with Gasteiger partial charge in [0.1, 0.15) is 5.75 Å². The van der Waals surface area contributed by atoms with Gasteiger partial charge in [-0.15, -0.1) is 0 Å². The number of ether oxygens (including phenoxy) is 1. The molecule has 19 heavy (non-hydrogen) atoms. The SMILES string of the molecule is C[C@H](Oc1ccc(-c2ccc(I)cc2)cc1)C(=O)O. The average molecular weight is 368 g/mol. The fourth-order valence-electron chi connectivity index (χ4n) is 1.62. The Hall–Kier alpha value is -1.56. The maximum absolute atomic E-state index is 10.7. The van der Waals surface area contributed by atoms with Gasteiger partial charge in [-0.3, -0.25) is 0 Å². The maximum Gasteiger partial charge on any atom is 0.344 e. The fraction of sp³-hybridized carbons (Fsp3) is 0.133. The quantitative estimate of drug-likeness (QED) is 0.835. The smallest absolute Gasteiger partial charge is 0.344 e. The highest BCUT2D eigenvalue weighted by Crippen LogP contribution is 2.23. The molecule has 2 rings (SSSR count). The van der Waals surface area contributed by atoms with Crippen LogP contribution in [0.5, 0.6) is 5.75 Å². The molecular weight excluding hydrogens is 355 g/mol. The van der Waals surface area contributed by atoms with Crippen LogP contribution >= 0.6 is 22.6 Å². The summed E-state index contributed by atoms with van der Waals surface area (Å²) in [4.78, 5) is 10.7. The second kappa shape index (κ2) is 6.06. The zero-order valence-corrected chi connectivity index (χ0v) is 12.5. The number of benzene rings is 2. The summed E-state index contributed by atoms with van der Waals surface area (Å²) in [5, 5.41) is 8.78. The summed E-state index contributed by atoms with van der Waals surface area (Å²) in [5.74, 6) is -0.411. The van der Waals surface area contributed by atoms with Crippen LogP contribution in [0.15, 0.2) is 48.5 Å². The van der Waals surface area contributed by atoms with E-state index in [1.165, 1.54) is 10.5 Å². The molecule has 1 N–H and O–H groups in total. The van der Waals surface area contributed by atoms with E-state index in [0.717, 1.165) is 11.1 Å². The average Bonchev–Trinajstić information content (AvgIpc) is 2.40. The third kappa shape index (κ3) is 3.70. The molecule has 98 valence electrons. The van der Waals surface area contributed by atoms with Crippen molar-refractivity contribution in [2.75, 3.05) is 0 Å². The van der Waals surface area contributed by atoms with Gasteiger partial charge < -0.3 is 9.84 Å². The Labute approximate surface area is 125 Å². The van der Waals surface area contributed by atoms with E-state index in [0.29, 0.717) is 5.75 Å². The Bertz CT molecular complexity index is 561. The first-order valence-electron chi connectivity index (χ1n) is 5.82. The van der Waals surface area contributed by atoms with E-state index >= 15 is 0 Å². The second-order valence-electron chi connectivity index (χ2n) is 4.13. The minimum Gasteiger partial charge on any atom is -0.479 e. The minimum absolute atomic E-state index is 0.559. The number of hydrogen-bond donors (Lipinski definition) is 1. The molecule has 4 heteroatoms. The molecular formula is C15H13IO3. The normalized spacial score (nSPS) is 11.9. The molecule has 0 bridgehead atoms. The van der Waals surface area contributed by atoms with E-state index in [9.17, 15) is 4.79 Å². The molecule has 1 atom stereocenters. The van der Waals surface area contributed by atoms with Crippen molar-refractivity contribution in [1.82, 2.24) is 0 Å². The summed E-state index contributed by atoms with van der Waals surface area (Å²) >= 11 is 2.26. The van der Waals surface area contributed by atoms with Crippen LogP contribution in [0.2, 0.25) is 0 Å². The van der Waals surface area contributed by atoms with Crippen molar-refractivity contribution in [3.05, 3.63) is 52.1 Å². The number of hydrogen-bond acceptors (Lipinski definition) is 2. The molecule has 2 aromatic rings. The summed E-state index contributed by atoms with van der Waals surface area (Å²) < 4.78 is 6.48. The highest BCUT2D eigenvalue weighted by atomic mass is 127. The molecule has 3 nitrogen and oxygen atoms in total. The predicted octanol–water partition coefficient (Wildman–Crippen LogP) is 3.81. The number of carbonyl (C=O) groups is 1. The van der Waals surface area contributed by atoms with Crippen LogP contribution < -0.4 is 4.74 Å². The van der Waals surface area contributed by atoms with Gasteiger partial charge in [0, 0.05) is 3.57 Å². The Morgan fingerprint density at radius 1 is 1.05 bits per heavy atom. The van der Waals surface area contributed by atoms with E-state index in [1.807, 2.05) is 24.3 Å². The number of aliphatic carboxylic acids is 1. The van der Waals surface area contributed by atoms with Crippen LogP contribution in [0.1, 0.15) is 6.92 Å². The van der Waals surface area contributed by atoms with E-state index in [2.05, 4.69) is 34.7 Å². The summed E-state index contributed by atoms with van der Waals surface area (Å²) in [6.45, 7) is 1.51. The van der Waals surface area contributed by atoms with E-state index in [1.54, 1.807) is 12.1 Å². The zero-order valence-electron chi connectivity index (χ0n) is 10.3. The lowest BCUT2D eigenvalue weighted by molar-refractivity contribution is -0.144. The topological polar surface area (TPSA) is 46.5 Å². The summed E-state index contributed by atoms with van der Waals surface area (Å²) in [6, 6.07) is 15.6. The number of halogens is 1. The Morgan fingerprint density at radius 2 is 1.53 bits per heavy atom. The lowest BCUT2D eigenvalue weighted by Crippen LogP contribution is -2.22. The minimum atomic E-state index is -0.971. The lowest BCUT2D eigenvalue weighted by atomic mass is 10.1. The van der Waals surface area contributed by atoms with Crippen LogP contribution in [0.3, 0.4) is 0 Å². The maximum atomic E-state index is 10.7. The molecule has 0 unspecified atom stereocenters. The number of rotatable bonds is 4. The van der Waals surface area contributed by atoms with Gasteiger partial charge in [-0.25, -0.2) is 4.79 Å². The highest BCUT2D eigenvalue weighted by Gasteiger charge is 2.12. The third-order valence-electron chi connectivity index (χ3n) is 2.69. The highest BCUT2D eigenvalue weighted by molar-refractivity contribution is 14.1. The molecule has 0 amide bonds. The molecule has 0 saturated heterocycles. The summed E-state index contributed by atoms with van der Waals surface area (Å²) in [5.41, 5.74) is 2.20. The Morgan fingerprint density at radius 3 is 2.00 bits per heavy atom. The van der Waals surface area contributed by atoms with Gasteiger partial charge in [0.25, 0.3) is 0 Å². The standard InChI is InChI=1S/C15H13IO3/c1-10(15(17)18)19-14-8-4-12(5-9-14)11-2-6-13(16)7-3-11/h2-10H,1H3,(H,17,18)/t10-/m0/s1. The summed E-state index contributed by atoms with van der Waals surface area (Å²) in [6.07, 6.45) is -0.843. The fourth-order valence-corrected chi connectivity index (χ4v) is 1.98. The first-order valence-corrected chi connectivity index (χ1v) is 6.89. The van der Waals surface area contributed by atoms with E-state index in [-0.39, 0.29) is 0 Å². The van der Waals surface area contributed by atoms with Crippen LogP contribution in [0, 0.1) is 3.57 Å². The molecule has 0 spiro atoms. The van der Waals surface area contributed by atoms with Crippen molar-refractivity contribution >= 4 is 28.6 Å². The van der Waals surface area contributed by atoms with Crippen LogP contribution in [0.25, 0.3) is 11.1 Å². The van der Waals surface area contributed by atoms with Crippen molar-refractivity contribution in [3.63, 3.8) is 0 Å². The largest absolute Gasteiger partial charge is 0.479 e. The number of carboxylic acid groups (broad SMARTS) is 1. The Balaban J connectivity index is 2.14. The second-order valence-corrected chi connectivity index (χ2v) is 5.38. The van der Waals surface area contributed by atoms with Gasteiger partial charge in [-0.05, 0) is 64.9 Å². The van der Waals surface area contributed by atoms with Gasteiger partial charge in [-0.2, -0.15) is 0 Å². The molecule has 0 radical (unpaired) electrons. The van der Waals surface area contributed by atoms with Crippen molar-refractivity contribution in [1.29, 1.82) is 0 Å². The van der Waals surface area contributed by atoms with Crippen LogP contribution in [-0.4, -0.2) is 17.2 Å². The zero-order chi connectivity index (χ0) is 13.8. The van der Waals surface area contributed by atoms with Gasteiger partial charge in [0.05, 0.1) is 0 Å². The van der Waals surface area contributed by atoms with E-state index < -0.39 is 12.1 Å². The molecule has 0 aliphatic heterocycles. The lowest BCUT2D eigenvalue weighted by Gasteiger charge is -2.10. The Kier molecular flexibility index (Phi) is 4.42. The van der Waals surface area contributed by atoms with Crippen molar-refractivity contribution in [3.8, 4) is 16.9 Å². The van der Waals surface area contributed by atoms with Gasteiger partial charge in [-0.1, -0.05) is 24.3 Å². The van der Waals surface area contributed by atoms with Gasteiger partial charge >= 0.3 is 5.97 Å².